The Morgan fingerprint density at radius 3 is 2.57 bits per heavy atom. The van der Waals surface area contributed by atoms with Gasteiger partial charge in [-0.2, -0.15) is 0 Å². The summed E-state index contributed by atoms with van der Waals surface area (Å²) in [5, 5.41) is 3.27. The van der Waals surface area contributed by atoms with E-state index in [1.54, 1.807) is 4.57 Å². The predicted molar refractivity (Wildman–Crippen MR) is 121 cm³/mol. The number of thioether (sulfide) groups is 1. The first-order chi connectivity index (χ1) is 14.3. The second kappa shape index (κ2) is 9.44. The molecule has 0 bridgehead atoms. The molecule has 30 heavy (non-hydrogen) atoms. The standard InChI is InChI=1S/C21H24N4O3S2/c1-4-15-13(3)17-18(30-15)24-21(29-10-9-16(26)23-20(22)28)25(19(17)27)11-14-7-5-12(2)6-8-14/h5-8H,4,9-11H2,1-3H3,(H3,22,23,26,28). The van der Waals surface area contributed by atoms with Crippen LogP contribution in [0.25, 0.3) is 10.2 Å². The molecule has 0 spiro atoms. The van der Waals surface area contributed by atoms with Crippen LogP contribution in [0.2, 0.25) is 0 Å². The summed E-state index contributed by atoms with van der Waals surface area (Å²) < 4.78 is 1.67. The second-order valence-electron chi connectivity index (χ2n) is 6.97. The Bertz CT molecular complexity index is 1150. The van der Waals surface area contributed by atoms with Crippen molar-refractivity contribution in [2.75, 3.05) is 5.75 Å². The number of thiophene rings is 1. The lowest BCUT2D eigenvalue weighted by Gasteiger charge is -2.12. The topological polar surface area (TPSA) is 107 Å². The summed E-state index contributed by atoms with van der Waals surface area (Å²) in [5.41, 5.74) is 8.04. The smallest absolute Gasteiger partial charge is 0.318 e. The zero-order valence-electron chi connectivity index (χ0n) is 17.2. The van der Waals surface area contributed by atoms with Crippen molar-refractivity contribution in [1.82, 2.24) is 14.9 Å². The average Bonchev–Trinajstić information content (AvgIpc) is 3.01. The largest absolute Gasteiger partial charge is 0.351 e. The molecule has 158 valence electrons. The lowest BCUT2D eigenvalue weighted by Crippen LogP contribution is -2.35. The molecule has 0 saturated carbocycles. The quantitative estimate of drug-likeness (QED) is 0.429. The van der Waals surface area contributed by atoms with Crippen molar-refractivity contribution in [2.45, 2.75) is 45.3 Å². The third-order valence-corrected chi connectivity index (χ3v) is 7.03. The van der Waals surface area contributed by atoms with Crippen LogP contribution < -0.4 is 16.6 Å². The molecule has 0 radical (unpaired) electrons. The monoisotopic (exact) mass is 444 g/mol. The van der Waals surface area contributed by atoms with Gasteiger partial charge in [-0.05, 0) is 31.4 Å². The number of rotatable bonds is 7. The van der Waals surface area contributed by atoms with E-state index < -0.39 is 11.9 Å². The Morgan fingerprint density at radius 1 is 1.23 bits per heavy atom. The Kier molecular flexibility index (Phi) is 6.94. The normalized spacial score (nSPS) is 11.0. The molecule has 2 aromatic heterocycles. The van der Waals surface area contributed by atoms with E-state index in [-0.39, 0.29) is 12.0 Å². The Morgan fingerprint density at radius 2 is 1.93 bits per heavy atom. The van der Waals surface area contributed by atoms with Crippen molar-refractivity contribution in [1.29, 1.82) is 0 Å². The highest BCUT2D eigenvalue weighted by Crippen LogP contribution is 2.30. The van der Waals surface area contributed by atoms with Gasteiger partial charge in [0.05, 0.1) is 11.9 Å². The molecule has 0 aliphatic heterocycles. The summed E-state index contributed by atoms with van der Waals surface area (Å²) in [4.78, 5) is 42.5. The third-order valence-electron chi connectivity index (χ3n) is 4.72. The van der Waals surface area contributed by atoms with Gasteiger partial charge in [0.25, 0.3) is 5.56 Å². The van der Waals surface area contributed by atoms with Gasteiger partial charge in [0.15, 0.2) is 5.16 Å². The maximum absolute atomic E-state index is 13.4. The fraction of sp³-hybridized carbons (Fsp3) is 0.333. The Hall–Kier alpha value is -2.65. The van der Waals surface area contributed by atoms with Gasteiger partial charge >= 0.3 is 6.03 Å². The van der Waals surface area contributed by atoms with Crippen molar-refractivity contribution in [3.63, 3.8) is 0 Å². The van der Waals surface area contributed by atoms with Crippen molar-refractivity contribution < 1.29 is 9.59 Å². The van der Waals surface area contributed by atoms with E-state index in [1.165, 1.54) is 23.1 Å². The van der Waals surface area contributed by atoms with Crippen molar-refractivity contribution >= 4 is 45.3 Å². The summed E-state index contributed by atoms with van der Waals surface area (Å²) >= 11 is 2.86. The molecule has 0 atom stereocenters. The van der Waals surface area contributed by atoms with Crippen LogP contribution in [0.15, 0.2) is 34.2 Å². The van der Waals surface area contributed by atoms with E-state index in [1.807, 2.05) is 43.4 Å². The van der Waals surface area contributed by atoms with Gasteiger partial charge in [0, 0.05) is 17.1 Å². The predicted octanol–water partition coefficient (Wildman–Crippen LogP) is 3.36. The van der Waals surface area contributed by atoms with Crippen LogP contribution in [-0.4, -0.2) is 27.2 Å². The number of carbonyl (C=O) groups is 2. The van der Waals surface area contributed by atoms with Gasteiger partial charge in [-0.3, -0.25) is 19.5 Å². The number of benzene rings is 1. The first-order valence-corrected chi connectivity index (χ1v) is 11.4. The molecular weight excluding hydrogens is 420 g/mol. The first kappa shape index (κ1) is 22.0. The van der Waals surface area contributed by atoms with Crippen LogP contribution in [0.5, 0.6) is 0 Å². The van der Waals surface area contributed by atoms with E-state index in [0.717, 1.165) is 32.8 Å². The number of urea groups is 1. The molecule has 3 aromatic rings. The lowest BCUT2D eigenvalue weighted by molar-refractivity contribution is -0.119. The Balaban J connectivity index is 1.97. The summed E-state index contributed by atoms with van der Waals surface area (Å²) in [6.45, 7) is 6.45. The molecule has 1 aromatic carbocycles. The fourth-order valence-corrected chi connectivity index (χ4v) is 5.24. The molecule has 3 rings (SSSR count). The number of carbonyl (C=O) groups excluding carboxylic acids is 2. The number of nitrogens with zero attached hydrogens (tertiary/aromatic N) is 2. The van der Waals surface area contributed by atoms with Gasteiger partial charge in [0.1, 0.15) is 4.83 Å². The van der Waals surface area contributed by atoms with Gasteiger partial charge < -0.3 is 5.73 Å². The third kappa shape index (κ3) is 4.91. The number of fused-ring (bicyclic) bond motifs is 1. The number of nitrogens with two attached hydrogens (primary N) is 1. The molecule has 3 amide bonds. The van der Waals surface area contributed by atoms with Crippen molar-refractivity contribution in [3.8, 4) is 0 Å². The number of primary amides is 1. The van der Waals surface area contributed by atoms with Gasteiger partial charge in [-0.1, -0.05) is 48.5 Å². The minimum Gasteiger partial charge on any atom is -0.351 e. The maximum atomic E-state index is 13.4. The van der Waals surface area contributed by atoms with Gasteiger partial charge in [-0.25, -0.2) is 9.78 Å². The van der Waals surface area contributed by atoms with E-state index in [9.17, 15) is 14.4 Å². The maximum Gasteiger partial charge on any atom is 0.318 e. The highest BCUT2D eigenvalue weighted by Gasteiger charge is 2.18. The SMILES string of the molecule is CCc1sc2nc(SCCC(=O)NC(N)=O)n(Cc3ccc(C)cc3)c(=O)c2c1C. The minimum absolute atomic E-state index is 0.0712. The van der Waals surface area contributed by atoms with Crippen LogP contribution in [0.4, 0.5) is 4.79 Å². The van der Waals surface area contributed by atoms with E-state index in [4.69, 9.17) is 10.7 Å². The number of hydrogen-bond donors (Lipinski definition) is 2. The van der Waals surface area contributed by atoms with Crippen LogP contribution in [-0.2, 0) is 17.8 Å². The van der Waals surface area contributed by atoms with Gasteiger partial charge in [-0.15, -0.1) is 11.3 Å². The number of aryl methyl sites for hydroxylation is 3. The highest BCUT2D eigenvalue weighted by molar-refractivity contribution is 7.99. The molecular formula is C21H24N4O3S2. The Labute approximate surface area is 182 Å². The number of imide groups is 1. The number of hydrogen-bond acceptors (Lipinski definition) is 6. The van der Waals surface area contributed by atoms with E-state index >= 15 is 0 Å². The summed E-state index contributed by atoms with van der Waals surface area (Å²) in [6, 6.07) is 7.15. The first-order valence-electron chi connectivity index (χ1n) is 9.60. The van der Waals surface area contributed by atoms with E-state index in [2.05, 4.69) is 6.92 Å². The highest BCUT2D eigenvalue weighted by atomic mass is 32.2. The minimum atomic E-state index is -0.873. The summed E-state index contributed by atoms with van der Waals surface area (Å²) in [7, 11) is 0. The number of amides is 3. The number of nitrogens with one attached hydrogen (secondary N) is 1. The number of aromatic nitrogens is 2. The molecule has 0 aliphatic carbocycles. The van der Waals surface area contributed by atoms with Gasteiger partial charge in [0.2, 0.25) is 5.91 Å². The van der Waals surface area contributed by atoms with Crippen LogP contribution in [0, 0.1) is 13.8 Å². The molecule has 0 aliphatic rings. The molecule has 0 fully saturated rings. The molecule has 0 saturated heterocycles. The van der Waals surface area contributed by atoms with E-state index in [0.29, 0.717) is 22.8 Å². The van der Waals surface area contributed by atoms with Crippen LogP contribution in [0.3, 0.4) is 0 Å². The molecule has 0 unspecified atom stereocenters. The van der Waals surface area contributed by atoms with Crippen LogP contribution >= 0.6 is 23.1 Å². The zero-order chi connectivity index (χ0) is 21.8. The molecule has 2 heterocycles. The van der Waals surface area contributed by atoms with Crippen molar-refractivity contribution in [2.24, 2.45) is 5.73 Å². The molecule has 9 heteroatoms. The fourth-order valence-electron chi connectivity index (χ4n) is 3.14. The summed E-state index contributed by atoms with van der Waals surface area (Å²) in [6.07, 6.45) is 0.940. The average molecular weight is 445 g/mol. The zero-order valence-corrected chi connectivity index (χ0v) is 18.8. The molecule has 3 N–H and O–H groups in total. The lowest BCUT2D eigenvalue weighted by atomic mass is 10.1. The second-order valence-corrected chi connectivity index (χ2v) is 9.11. The summed E-state index contributed by atoms with van der Waals surface area (Å²) in [5.74, 6) is -0.0839. The molecule has 7 nitrogen and oxygen atoms in total. The van der Waals surface area contributed by atoms with Crippen molar-refractivity contribution in [3.05, 3.63) is 56.2 Å². The van der Waals surface area contributed by atoms with Crippen LogP contribution in [0.1, 0.15) is 34.9 Å².